The predicted molar refractivity (Wildman–Crippen MR) is 122 cm³/mol. The topological polar surface area (TPSA) is 54.9 Å². The van der Waals surface area contributed by atoms with Crippen LogP contribution in [0.2, 0.25) is 0 Å². The Balaban J connectivity index is 0.00000392. The second-order valence-electron chi connectivity index (χ2n) is 6.22. The SMILES string of the molecule is CCOc1ccc(CNC(=NC)NC(C)c2ccc(C)c(F)c2)cc1OC.I. The average Bonchev–Trinajstić information content (AvgIpc) is 2.68. The van der Waals surface area contributed by atoms with Crippen LogP contribution in [0.15, 0.2) is 41.4 Å². The lowest BCUT2D eigenvalue weighted by Crippen LogP contribution is -2.38. The summed E-state index contributed by atoms with van der Waals surface area (Å²) in [5.41, 5.74) is 2.54. The van der Waals surface area contributed by atoms with Crippen LogP contribution in [0.5, 0.6) is 11.5 Å². The molecule has 0 spiro atoms. The minimum absolute atomic E-state index is 0. The van der Waals surface area contributed by atoms with E-state index < -0.39 is 0 Å². The lowest BCUT2D eigenvalue weighted by Gasteiger charge is -2.19. The number of nitrogens with one attached hydrogen (secondary N) is 2. The van der Waals surface area contributed by atoms with E-state index in [-0.39, 0.29) is 35.8 Å². The lowest BCUT2D eigenvalue weighted by molar-refractivity contribution is 0.310. The van der Waals surface area contributed by atoms with Gasteiger partial charge in [0, 0.05) is 13.6 Å². The van der Waals surface area contributed by atoms with Gasteiger partial charge in [-0.05, 0) is 55.7 Å². The molecule has 0 fully saturated rings. The van der Waals surface area contributed by atoms with E-state index in [1.165, 1.54) is 0 Å². The van der Waals surface area contributed by atoms with Gasteiger partial charge in [0.05, 0.1) is 19.8 Å². The van der Waals surface area contributed by atoms with Crippen LogP contribution >= 0.6 is 24.0 Å². The van der Waals surface area contributed by atoms with E-state index in [1.807, 2.05) is 38.1 Å². The predicted octanol–water partition coefficient (Wildman–Crippen LogP) is 4.59. The van der Waals surface area contributed by atoms with Crippen LogP contribution in [0, 0.1) is 12.7 Å². The summed E-state index contributed by atoms with van der Waals surface area (Å²) in [6.07, 6.45) is 0. The van der Waals surface area contributed by atoms with Crippen molar-refractivity contribution in [3.63, 3.8) is 0 Å². The number of ether oxygens (including phenoxy) is 2. The molecule has 1 unspecified atom stereocenters. The molecular weight excluding hydrogens is 472 g/mol. The number of aliphatic imine (C=N–C) groups is 1. The fourth-order valence-electron chi connectivity index (χ4n) is 2.64. The number of rotatable bonds is 7. The van der Waals surface area contributed by atoms with Gasteiger partial charge in [0.15, 0.2) is 17.5 Å². The smallest absolute Gasteiger partial charge is 0.191 e. The summed E-state index contributed by atoms with van der Waals surface area (Å²) in [4.78, 5) is 4.24. The van der Waals surface area contributed by atoms with Crippen LogP contribution in [-0.2, 0) is 6.54 Å². The van der Waals surface area contributed by atoms with Crippen molar-refractivity contribution in [2.75, 3.05) is 20.8 Å². The molecule has 0 saturated heterocycles. The third kappa shape index (κ3) is 6.54. The maximum atomic E-state index is 13.8. The van der Waals surface area contributed by atoms with Gasteiger partial charge in [-0.1, -0.05) is 18.2 Å². The molecule has 0 aliphatic rings. The van der Waals surface area contributed by atoms with Crippen LogP contribution in [-0.4, -0.2) is 26.7 Å². The second-order valence-corrected chi connectivity index (χ2v) is 6.22. The van der Waals surface area contributed by atoms with Crippen LogP contribution in [0.3, 0.4) is 0 Å². The van der Waals surface area contributed by atoms with Gasteiger partial charge in [-0.2, -0.15) is 0 Å². The molecule has 0 aliphatic heterocycles. The first-order valence-electron chi connectivity index (χ1n) is 9.01. The highest BCUT2D eigenvalue weighted by molar-refractivity contribution is 14.0. The summed E-state index contributed by atoms with van der Waals surface area (Å²) >= 11 is 0. The van der Waals surface area contributed by atoms with Gasteiger partial charge in [0.25, 0.3) is 0 Å². The van der Waals surface area contributed by atoms with Crippen molar-refractivity contribution < 1.29 is 13.9 Å². The maximum Gasteiger partial charge on any atom is 0.191 e. The second kappa shape index (κ2) is 11.7. The van der Waals surface area contributed by atoms with Crippen molar-refractivity contribution in [1.29, 1.82) is 0 Å². The van der Waals surface area contributed by atoms with Gasteiger partial charge < -0.3 is 20.1 Å². The zero-order valence-electron chi connectivity index (χ0n) is 17.0. The Labute approximate surface area is 183 Å². The Kier molecular flexibility index (Phi) is 10.1. The van der Waals surface area contributed by atoms with Crippen molar-refractivity contribution in [2.45, 2.75) is 33.4 Å². The fraction of sp³-hybridized carbons (Fsp3) is 0.381. The van der Waals surface area contributed by atoms with E-state index in [9.17, 15) is 4.39 Å². The van der Waals surface area contributed by atoms with Gasteiger partial charge in [-0.15, -0.1) is 24.0 Å². The molecule has 2 N–H and O–H groups in total. The van der Waals surface area contributed by atoms with Crippen molar-refractivity contribution in [3.8, 4) is 11.5 Å². The fourth-order valence-corrected chi connectivity index (χ4v) is 2.64. The summed E-state index contributed by atoms with van der Waals surface area (Å²) in [6, 6.07) is 11.0. The first-order chi connectivity index (χ1) is 13.0. The molecule has 0 radical (unpaired) electrons. The molecule has 154 valence electrons. The van der Waals surface area contributed by atoms with Crippen LogP contribution in [0.4, 0.5) is 4.39 Å². The van der Waals surface area contributed by atoms with Crippen LogP contribution < -0.4 is 20.1 Å². The maximum absolute atomic E-state index is 13.8. The third-order valence-electron chi connectivity index (χ3n) is 4.26. The van der Waals surface area contributed by atoms with Gasteiger partial charge in [0.2, 0.25) is 0 Å². The molecule has 0 amide bonds. The highest BCUT2D eigenvalue weighted by atomic mass is 127. The molecule has 0 heterocycles. The number of methoxy groups -OCH3 is 1. The Hall–Kier alpha value is -2.03. The first-order valence-corrected chi connectivity index (χ1v) is 9.01. The largest absolute Gasteiger partial charge is 0.493 e. The highest BCUT2D eigenvalue weighted by Gasteiger charge is 2.10. The van der Waals surface area contributed by atoms with E-state index in [0.717, 1.165) is 16.9 Å². The average molecular weight is 501 g/mol. The molecule has 7 heteroatoms. The zero-order chi connectivity index (χ0) is 19.8. The molecule has 0 bridgehead atoms. The van der Waals surface area contributed by atoms with Crippen LogP contribution in [0.25, 0.3) is 0 Å². The molecule has 0 aromatic heterocycles. The lowest BCUT2D eigenvalue weighted by atomic mass is 10.1. The van der Waals surface area contributed by atoms with Crippen LogP contribution in [0.1, 0.15) is 36.6 Å². The molecule has 0 saturated carbocycles. The Morgan fingerprint density at radius 3 is 2.54 bits per heavy atom. The van der Waals surface area contributed by atoms with E-state index >= 15 is 0 Å². The molecule has 2 rings (SSSR count). The summed E-state index contributed by atoms with van der Waals surface area (Å²) in [6.45, 7) is 6.81. The van der Waals surface area contributed by atoms with Crippen molar-refractivity contribution in [2.24, 2.45) is 4.99 Å². The van der Waals surface area contributed by atoms with Gasteiger partial charge in [-0.3, -0.25) is 4.99 Å². The third-order valence-corrected chi connectivity index (χ3v) is 4.26. The number of aryl methyl sites for hydroxylation is 1. The Bertz CT molecular complexity index is 799. The number of hydrogen-bond donors (Lipinski definition) is 2. The molecule has 0 aliphatic carbocycles. The first kappa shape index (κ1) is 24.0. The summed E-state index contributed by atoms with van der Waals surface area (Å²) in [7, 11) is 3.33. The van der Waals surface area contributed by atoms with Crippen molar-refractivity contribution >= 4 is 29.9 Å². The summed E-state index contributed by atoms with van der Waals surface area (Å²) < 4.78 is 24.7. The number of nitrogens with zero attached hydrogens (tertiary/aromatic N) is 1. The number of hydrogen-bond acceptors (Lipinski definition) is 3. The molecular formula is C21H29FIN3O2. The molecule has 1 atom stereocenters. The number of guanidine groups is 1. The van der Waals surface area contributed by atoms with E-state index in [2.05, 4.69) is 15.6 Å². The Morgan fingerprint density at radius 2 is 1.93 bits per heavy atom. The monoisotopic (exact) mass is 501 g/mol. The summed E-state index contributed by atoms with van der Waals surface area (Å²) in [5.74, 6) is 1.85. The Morgan fingerprint density at radius 1 is 1.18 bits per heavy atom. The molecule has 5 nitrogen and oxygen atoms in total. The van der Waals surface area contributed by atoms with E-state index in [0.29, 0.717) is 30.4 Å². The standard InChI is InChI=1S/C21H28FN3O2.HI/c1-6-27-19-10-8-16(11-20(19)26-5)13-24-21(23-4)25-15(3)17-9-7-14(2)18(22)12-17;/h7-12,15H,6,13H2,1-5H3,(H2,23,24,25);1H. The van der Waals surface area contributed by atoms with Gasteiger partial charge in [-0.25, -0.2) is 4.39 Å². The minimum atomic E-state index is -0.203. The highest BCUT2D eigenvalue weighted by Crippen LogP contribution is 2.28. The van der Waals surface area contributed by atoms with Crippen molar-refractivity contribution in [1.82, 2.24) is 10.6 Å². The minimum Gasteiger partial charge on any atom is -0.493 e. The van der Waals surface area contributed by atoms with E-state index in [4.69, 9.17) is 9.47 Å². The molecule has 2 aromatic rings. The molecule has 2 aromatic carbocycles. The quantitative estimate of drug-likeness (QED) is 0.331. The van der Waals surface area contributed by atoms with Gasteiger partial charge in [0.1, 0.15) is 5.82 Å². The number of benzene rings is 2. The van der Waals surface area contributed by atoms with Gasteiger partial charge >= 0.3 is 0 Å². The number of halogens is 2. The zero-order valence-corrected chi connectivity index (χ0v) is 19.3. The molecule has 28 heavy (non-hydrogen) atoms. The van der Waals surface area contributed by atoms with Crippen molar-refractivity contribution in [3.05, 3.63) is 58.9 Å². The summed E-state index contributed by atoms with van der Waals surface area (Å²) in [5, 5.41) is 6.54. The van der Waals surface area contributed by atoms with E-state index in [1.54, 1.807) is 33.2 Å². The normalized spacial score (nSPS) is 12.0.